The smallest absolute Gasteiger partial charge is 0.225 e. The summed E-state index contributed by atoms with van der Waals surface area (Å²) in [5.41, 5.74) is 1.97. The van der Waals surface area contributed by atoms with Crippen molar-refractivity contribution >= 4 is 11.6 Å². The van der Waals surface area contributed by atoms with Crippen LogP contribution in [0.15, 0.2) is 29.4 Å². The van der Waals surface area contributed by atoms with E-state index in [4.69, 9.17) is 4.84 Å². The van der Waals surface area contributed by atoms with Crippen molar-refractivity contribution in [1.29, 1.82) is 0 Å². The molecule has 1 atom stereocenters. The van der Waals surface area contributed by atoms with Crippen molar-refractivity contribution in [3.63, 3.8) is 0 Å². The van der Waals surface area contributed by atoms with E-state index in [0.29, 0.717) is 12.5 Å². The number of oxime groups is 1. The van der Waals surface area contributed by atoms with Gasteiger partial charge >= 0.3 is 0 Å². The summed E-state index contributed by atoms with van der Waals surface area (Å²) >= 11 is 0. The Morgan fingerprint density at radius 2 is 1.83 bits per heavy atom. The lowest BCUT2D eigenvalue weighted by Crippen LogP contribution is -2.41. The Labute approximate surface area is 144 Å². The Hall–Kier alpha value is -2.04. The van der Waals surface area contributed by atoms with Gasteiger partial charge in [0.2, 0.25) is 5.91 Å². The van der Waals surface area contributed by atoms with Crippen molar-refractivity contribution in [2.75, 3.05) is 13.1 Å². The molecule has 5 nitrogen and oxygen atoms in total. The molecule has 1 fully saturated rings. The van der Waals surface area contributed by atoms with Gasteiger partial charge in [0, 0.05) is 31.8 Å². The number of carbonyl (C=O) groups is 1. The number of nitrogens with zero attached hydrogens (tertiary/aromatic N) is 2. The van der Waals surface area contributed by atoms with E-state index in [9.17, 15) is 9.90 Å². The fourth-order valence-corrected chi connectivity index (χ4v) is 2.99. The zero-order chi connectivity index (χ0) is 17.5. The number of amides is 1. The first-order valence-corrected chi connectivity index (χ1v) is 8.70. The number of piperidine rings is 1. The molecule has 0 spiro atoms. The molecule has 1 aromatic rings. The molecule has 132 valence electrons. The third kappa shape index (κ3) is 5.55. The van der Waals surface area contributed by atoms with E-state index >= 15 is 0 Å². The molecule has 2 rings (SSSR count). The first-order valence-electron chi connectivity index (χ1n) is 8.70. The third-order valence-corrected chi connectivity index (χ3v) is 4.26. The number of carbonyl (C=O) groups excluding carboxylic acids is 1. The molecule has 24 heavy (non-hydrogen) atoms. The van der Waals surface area contributed by atoms with E-state index in [0.717, 1.165) is 43.6 Å². The quantitative estimate of drug-likeness (QED) is 0.810. The van der Waals surface area contributed by atoms with Crippen molar-refractivity contribution in [2.45, 2.75) is 46.6 Å². The van der Waals surface area contributed by atoms with Gasteiger partial charge in [-0.1, -0.05) is 38.1 Å². The molecule has 0 aromatic heterocycles. The van der Waals surface area contributed by atoms with E-state index in [1.807, 2.05) is 24.0 Å². The van der Waals surface area contributed by atoms with E-state index in [1.165, 1.54) is 0 Å². The van der Waals surface area contributed by atoms with Crippen molar-refractivity contribution in [3.05, 3.63) is 29.8 Å². The number of phenolic OH excluding ortho intramolecular Hbond substituents is 1. The van der Waals surface area contributed by atoms with Crippen LogP contribution >= 0.6 is 0 Å². The monoisotopic (exact) mass is 332 g/mol. The summed E-state index contributed by atoms with van der Waals surface area (Å²) in [5, 5.41) is 13.4. The van der Waals surface area contributed by atoms with Crippen LogP contribution in [0.5, 0.6) is 5.75 Å². The van der Waals surface area contributed by atoms with Crippen LogP contribution in [-0.2, 0) is 16.2 Å². The lowest BCUT2D eigenvalue weighted by Gasteiger charge is -2.30. The number of phenols is 1. The highest BCUT2D eigenvalue weighted by Crippen LogP contribution is 2.17. The maximum atomic E-state index is 12.4. The summed E-state index contributed by atoms with van der Waals surface area (Å²) in [6, 6.07) is 6.89. The molecule has 1 heterocycles. The highest BCUT2D eigenvalue weighted by molar-refractivity contribution is 5.87. The molecule has 0 bridgehead atoms. The van der Waals surface area contributed by atoms with Gasteiger partial charge in [-0.3, -0.25) is 4.79 Å². The zero-order valence-corrected chi connectivity index (χ0v) is 14.9. The van der Waals surface area contributed by atoms with Crippen molar-refractivity contribution in [3.8, 4) is 5.75 Å². The van der Waals surface area contributed by atoms with Crippen LogP contribution in [0.2, 0.25) is 0 Å². The highest BCUT2D eigenvalue weighted by Gasteiger charge is 2.24. The van der Waals surface area contributed by atoms with Gasteiger partial charge in [0.25, 0.3) is 0 Å². The lowest BCUT2D eigenvalue weighted by molar-refractivity contribution is -0.135. The molecule has 1 aromatic carbocycles. The molecule has 1 aliphatic heterocycles. The molecule has 1 N–H and O–H groups in total. The van der Waals surface area contributed by atoms with Gasteiger partial charge in [-0.25, -0.2) is 0 Å². The van der Waals surface area contributed by atoms with Crippen LogP contribution in [0.25, 0.3) is 0 Å². The average Bonchev–Trinajstić information content (AvgIpc) is 2.56. The molecule has 0 radical (unpaired) electrons. The molecule has 1 unspecified atom stereocenters. The first-order chi connectivity index (χ1) is 11.5. The summed E-state index contributed by atoms with van der Waals surface area (Å²) in [6.07, 6.45) is 2.48. The number of aromatic hydroxyl groups is 1. The summed E-state index contributed by atoms with van der Waals surface area (Å²) in [4.78, 5) is 19.7. The second kappa shape index (κ2) is 8.71. The van der Waals surface area contributed by atoms with Gasteiger partial charge in [0.1, 0.15) is 12.4 Å². The molecule has 5 heteroatoms. The van der Waals surface area contributed by atoms with E-state index in [1.54, 1.807) is 12.1 Å². The van der Waals surface area contributed by atoms with Crippen LogP contribution in [0, 0.1) is 11.8 Å². The molecule has 1 saturated heterocycles. The van der Waals surface area contributed by atoms with Crippen LogP contribution in [0.4, 0.5) is 0 Å². The number of hydrogen-bond donors (Lipinski definition) is 1. The normalized spacial score (nSPS) is 16.2. The predicted molar refractivity (Wildman–Crippen MR) is 94.8 cm³/mol. The first kappa shape index (κ1) is 18.3. The van der Waals surface area contributed by atoms with Crippen molar-refractivity contribution < 1.29 is 14.7 Å². The Balaban J connectivity index is 1.75. The summed E-state index contributed by atoms with van der Waals surface area (Å²) in [5.74, 6) is 1.13. The maximum absolute atomic E-state index is 12.4. The summed E-state index contributed by atoms with van der Waals surface area (Å²) in [7, 11) is 0. The van der Waals surface area contributed by atoms with Crippen LogP contribution in [0.3, 0.4) is 0 Å². The molecule has 0 aliphatic carbocycles. The number of benzene rings is 1. The summed E-state index contributed by atoms with van der Waals surface area (Å²) in [6.45, 7) is 8.16. The molecular formula is C19H28N2O3. The van der Waals surface area contributed by atoms with Gasteiger partial charge in [0.15, 0.2) is 0 Å². The minimum Gasteiger partial charge on any atom is -0.508 e. The Kier molecular flexibility index (Phi) is 6.64. The molecule has 1 amide bonds. The predicted octanol–water partition coefficient (Wildman–Crippen LogP) is 3.57. The van der Waals surface area contributed by atoms with Crippen molar-refractivity contribution in [1.82, 2.24) is 4.90 Å². The fourth-order valence-electron chi connectivity index (χ4n) is 2.99. The Morgan fingerprint density at radius 1 is 1.21 bits per heavy atom. The van der Waals surface area contributed by atoms with Gasteiger partial charge in [-0.15, -0.1) is 0 Å². The molecular weight excluding hydrogens is 304 g/mol. The van der Waals surface area contributed by atoms with E-state index < -0.39 is 0 Å². The van der Waals surface area contributed by atoms with Crippen LogP contribution in [0.1, 0.15) is 45.6 Å². The van der Waals surface area contributed by atoms with Gasteiger partial charge in [-0.05, 0) is 30.0 Å². The van der Waals surface area contributed by atoms with E-state index in [-0.39, 0.29) is 17.6 Å². The van der Waals surface area contributed by atoms with Gasteiger partial charge in [-0.2, -0.15) is 0 Å². The van der Waals surface area contributed by atoms with Crippen LogP contribution < -0.4 is 0 Å². The largest absolute Gasteiger partial charge is 0.508 e. The average molecular weight is 332 g/mol. The zero-order valence-electron chi connectivity index (χ0n) is 14.9. The topological polar surface area (TPSA) is 62.1 Å². The lowest BCUT2D eigenvalue weighted by atomic mass is 9.96. The number of hydrogen-bond acceptors (Lipinski definition) is 4. The number of rotatable bonds is 6. The number of likely N-dealkylation sites (tertiary alicyclic amines) is 1. The summed E-state index contributed by atoms with van der Waals surface area (Å²) < 4.78 is 0. The standard InChI is InChI=1S/C19H28N2O3/c1-14(2)12-15(3)19(23)21-10-8-17(9-11-21)20-24-13-16-4-6-18(22)7-5-16/h4-7,14-15,22H,8-13H2,1-3H3. The SMILES string of the molecule is CC(C)CC(C)C(=O)N1CCC(=NOCc2ccc(O)cc2)CC1. The Morgan fingerprint density at radius 3 is 2.42 bits per heavy atom. The fraction of sp³-hybridized carbons (Fsp3) is 0.579. The molecule has 0 saturated carbocycles. The third-order valence-electron chi connectivity index (χ3n) is 4.26. The highest BCUT2D eigenvalue weighted by atomic mass is 16.6. The van der Waals surface area contributed by atoms with Crippen molar-refractivity contribution in [2.24, 2.45) is 17.0 Å². The molecule has 1 aliphatic rings. The van der Waals surface area contributed by atoms with Gasteiger partial charge in [0.05, 0.1) is 5.71 Å². The Bertz CT molecular complexity index is 556. The van der Waals surface area contributed by atoms with E-state index in [2.05, 4.69) is 19.0 Å². The second-order valence-electron chi connectivity index (χ2n) is 6.95. The minimum atomic E-state index is 0.0919. The minimum absolute atomic E-state index is 0.0919. The van der Waals surface area contributed by atoms with Gasteiger partial charge < -0.3 is 14.8 Å². The second-order valence-corrected chi connectivity index (χ2v) is 6.95. The maximum Gasteiger partial charge on any atom is 0.225 e. The van der Waals surface area contributed by atoms with Crippen LogP contribution in [-0.4, -0.2) is 34.7 Å².